The number of allylic oxidation sites excluding steroid dienone is 3. The molecule has 8 heteroatoms. The molecule has 2 aromatic rings. The molecule has 1 fully saturated rings. The summed E-state index contributed by atoms with van der Waals surface area (Å²) in [4.78, 5) is 27.0. The van der Waals surface area contributed by atoms with Crippen LogP contribution < -0.4 is 16.0 Å². The third kappa shape index (κ3) is 3.88. The van der Waals surface area contributed by atoms with E-state index in [1.165, 1.54) is 12.8 Å². The number of amides is 1. The standard InChI is InChI=1S/C23H25N5O3/c1-13-11-16(23(30)31-3)19(12-14(13)2)25-22(29)18-9-10-21(27-26-18)28-15-5-4-6-20(28)17(24)8-7-15/h7,9-12H,4-6,8,24H2,1-3H3,(H,25,29). The fourth-order valence-electron chi connectivity index (χ4n) is 3.91. The van der Waals surface area contributed by atoms with Gasteiger partial charge < -0.3 is 15.8 Å². The van der Waals surface area contributed by atoms with Crippen LogP contribution in [-0.2, 0) is 4.74 Å². The van der Waals surface area contributed by atoms with E-state index in [2.05, 4.69) is 21.6 Å². The van der Waals surface area contributed by atoms with Crippen molar-refractivity contribution in [1.29, 1.82) is 0 Å². The summed E-state index contributed by atoms with van der Waals surface area (Å²) >= 11 is 0. The normalized spacial score (nSPS) is 15.5. The van der Waals surface area contributed by atoms with E-state index in [1.54, 1.807) is 24.3 Å². The Kier molecular flexibility index (Phi) is 5.46. The highest BCUT2D eigenvalue weighted by Crippen LogP contribution is 2.37. The molecule has 2 bridgehead atoms. The van der Waals surface area contributed by atoms with Gasteiger partial charge in [-0.05, 0) is 68.5 Å². The fraction of sp³-hybridized carbons (Fsp3) is 0.304. The second kappa shape index (κ2) is 8.22. The molecular weight excluding hydrogens is 394 g/mol. The maximum absolute atomic E-state index is 12.8. The lowest BCUT2D eigenvalue weighted by Crippen LogP contribution is -2.32. The Labute approximate surface area is 180 Å². The van der Waals surface area contributed by atoms with Crippen LogP contribution in [0.15, 0.2) is 47.4 Å². The summed E-state index contributed by atoms with van der Waals surface area (Å²) in [5.41, 5.74) is 12.0. The van der Waals surface area contributed by atoms with Crippen LogP contribution in [0.2, 0.25) is 0 Å². The maximum atomic E-state index is 12.8. The molecular formula is C23H25N5O3. The van der Waals surface area contributed by atoms with E-state index >= 15 is 0 Å². The van der Waals surface area contributed by atoms with Crippen molar-refractivity contribution in [2.75, 3.05) is 17.3 Å². The monoisotopic (exact) mass is 419 g/mol. The number of hydrogen-bond acceptors (Lipinski definition) is 7. The van der Waals surface area contributed by atoms with Crippen LogP contribution in [0.25, 0.3) is 0 Å². The number of hydrogen-bond donors (Lipinski definition) is 2. The second-order valence-corrected chi connectivity index (χ2v) is 7.77. The van der Waals surface area contributed by atoms with Crippen molar-refractivity contribution in [2.45, 2.75) is 39.5 Å². The zero-order chi connectivity index (χ0) is 22.1. The Morgan fingerprint density at radius 3 is 2.61 bits per heavy atom. The first kappa shape index (κ1) is 20.6. The summed E-state index contributed by atoms with van der Waals surface area (Å²) in [5, 5.41) is 11.2. The van der Waals surface area contributed by atoms with Gasteiger partial charge in [0.1, 0.15) is 0 Å². The SMILES string of the molecule is COC(=O)c1cc(C)c(C)cc1NC(=O)c1ccc(N2C3=CCC(N)=C2CCC3)nn1. The van der Waals surface area contributed by atoms with Gasteiger partial charge in [-0.2, -0.15) is 0 Å². The van der Waals surface area contributed by atoms with Gasteiger partial charge >= 0.3 is 5.97 Å². The lowest BCUT2D eigenvalue weighted by Gasteiger charge is -2.36. The first-order valence-electron chi connectivity index (χ1n) is 10.2. The largest absolute Gasteiger partial charge is 0.465 e. The maximum Gasteiger partial charge on any atom is 0.339 e. The van der Waals surface area contributed by atoms with Gasteiger partial charge in [0.15, 0.2) is 11.5 Å². The Balaban J connectivity index is 1.58. The fourth-order valence-corrected chi connectivity index (χ4v) is 3.91. The number of nitrogens with zero attached hydrogens (tertiary/aromatic N) is 3. The van der Waals surface area contributed by atoms with Gasteiger partial charge in [0.05, 0.1) is 18.4 Å². The van der Waals surface area contributed by atoms with Gasteiger partial charge in [-0.1, -0.05) is 6.08 Å². The minimum atomic E-state index is -0.518. The molecule has 0 saturated carbocycles. The molecule has 0 atom stereocenters. The summed E-state index contributed by atoms with van der Waals surface area (Å²) in [5.74, 6) is -0.332. The lowest BCUT2D eigenvalue weighted by atomic mass is 9.96. The van der Waals surface area contributed by atoms with E-state index in [4.69, 9.17) is 10.5 Å². The Bertz CT molecular complexity index is 1120. The Hall–Kier alpha value is -3.68. The minimum absolute atomic E-state index is 0.149. The molecule has 4 rings (SSSR count). The van der Waals surface area contributed by atoms with Crippen LogP contribution in [0, 0.1) is 13.8 Å². The average Bonchev–Trinajstić information content (AvgIpc) is 2.78. The Morgan fingerprint density at radius 2 is 1.90 bits per heavy atom. The molecule has 160 valence electrons. The summed E-state index contributed by atoms with van der Waals surface area (Å²) in [6.07, 6.45) is 5.80. The molecule has 8 nitrogen and oxygen atoms in total. The molecule has 3 heterocycles. The third-order valence-electron chi connectivity index (χ3n) is 5.73. The van der Waals surface area contributed by atoms with E-state index < -0.39 is 11.9 Å². The van der Waals surface area contributed by atoms with E-state index in [0.29, 0.717) is 17.1 Å². The van der Waals surface area contributed by atoms with Crippen molar-refractivity contribution < 1.29 is 14.3 Å². The topological polar surface area (TPSA) is 110 Å². The zero-order valence-corrected chi connectivity index (χ0v) is 17.9. The van der Waals surface area contributed by atoms with E-state index in [1.807, 2.05) is 18.7 Å². The molecule has 0 aliphatic carbocycles. The number of methoxy groups -OCH3 is 1. The molecule has 1 aromatic carbocycles. The number of ether oxygens (including phenoxy) is 1. The molecule has 1 saturated heterocycles. The van der Waals surface area contributed by atoms with E-state index in [-0.39, 0.29) is 5.69 Å². The van der Waals surface area contributed by atoms with Gasteiger partial charge in [0.25, 0.3) is 5.91 Å². The molecule has 2 aliphatic rings. The highest BCUT2D eigenvalue weighted by atomic mass is 16.5. The van der Waals surface area contributed by atoms with Crippen molar-refractivity contribution in [2.24, 2.45) is 5.73 Å². The smallest absolute Gasteiger partial charge is 0.339 e. The summed E-state index contributed by atoms with van der Waals surface area (Å²) < 4.78 is 4.84. The van der Waals surface area contributed by atoms with Crippen LogP contribution >= 0.6 is 0 Å². The van der Waals surface area contributed by atoms with Crippen molar-refractivity contribution in [3.63, 3.8) is 0 Å². The first-order chi connectivity index (χ1) is 14.9. The molecule has 1 aromatic heterocycles. The number of carbonyl (C=O) groups excluding carboxylic acids is 2. The molecule has 0 spiro atoms. The molecule has 2 aliphatic heterocycles. The van der Waals surface area contributed by atoms with Crippen LogP contribution in [0.3, 0.4) is 0 Å². The zero-order valence-electron chi connectivity index (χ0n) is 17.9. The quantitative estimate of drug-likeness (QED) is 0.729. The summed E-state index contributed by atoms with van der Waals surface area (Å²) in [7, 11) is 1.31. The minimum Gasteiger partial charge on any atom is -0.465 e. The number of carbonyl (C=O) groups is 2. The van der Waals surface area contributed by atoms with Gasteiger partial charge in [0, 0.05) is 23.5 Å². The third-order valence-corrected chi connectivity index (χ3v) is 5.73. The van der Waals surface area contributed by atoms with Crippen molar-refractivity contribution in [3.05, 3.63) is 69.8 Å². The van der Waals surface area contributed by atoms with Crippen molar-refractivity contribution in [1.82, 2.24) is 10.2 Å². The number of esters is 1. The predicted molar refractivity (Wildman–Crippen MR) is 117 cm³/mol. The van der Waals surface area contributed by atoms with Crippen LogP contribution in [0.1, 0.15) is 57.7 Å². The number of anilines is 2. The summed E-state index contributed by atoms with van der Waals surface area (Å²) in [6.45, 7) is 3.80. The number of fused-ring (bicyclic) bond motifs is 2. The number of benzene rings is 1. The molecule has 0 radical (unpaired) electrons. The number of aromatic nitrogens is 2. The van der Waals surface area contributed by atoms with Crippen molar-refractivity contribution in [3.8, 4) is 0 Å². The first-order valence-corrected chi connectivity index (χ1v) is 10.2. The van der Waals surface area contributed by atoms with Crippen LogP contribution in [-0.4, -0.2) is 29.2 Å². The van der Waals surface area contributed by atoms with Gasteiger partial charge in [-0.3, -0.25) is 9.69 Å². The number of nitrogens with two attached hydrogens (primary N) is 1. The number of aryl methyl sites for hydroxylation is 2. The van der Waals surface area contributed by atoms with Crippen LogP contribution in [0.5, 0.6) is 0 Å². The highest BCUT2D eigenvalue weighted by molar-refractivity contribution is 6.07. The molecule has 3 N–H and O–H groups in total. The molecule has 0 unspecified atom stereocenters. The second-order valence-electron chi connectivity index (χ2n) is 7.77. The molecule has 1 amide bonds. The van der Waals surface area contributed by atoms with Gasteiger partial charge in [-0.25, -0.2) is 4.79 Å². The predicted octanol–water partition coefficient (Wildman–Crippen LogP) is 3.58. The van der Waals surface area contributed by atoms with Gasteiger partial charge in [-0.15, -0.1) is 10.2 Å². The van der Waals surface area contributed by atoms with E-state index in [0.717, 1.165) is 48.2 Å². The van der Waals surface area contributed by atoms with Gasteiger partial charge in [0.2, 0.25) is 0 Å². The summed E-state index contributed by atoms with van der Waals surface area (Å²) in [6, 6.07) is 6.84. The molecule has 31 heavy (non-hydrogen) atoms. The Morgan fingerprint density at radius 1 is 1.13 bits per heavy atom. The lowest BCUT2D eigenvalue weighted by molar-refractivity contribution is 0.0602. The number of nitrogens with one attached hydrogen (secondary N) is 1. The van der Waals surface area contributed by atoms with Crippen molar-refractivity contribution >= 4 is 23.4 Å². The number of piperidine rings is 1. The average molecular weight is 419 g/mol. The van der Waals surface area contributed by atoms with Crippen LogP contribution in [0.4, 0.5) is 11.5 Å². The number of rotatable bonds is 4. The van der Waals surface area contributed by atoms with E-state index in [9.17, 15) is 9.59 Å². The highest BCUT2D eigenvalue weighted by Gasteiger charge is 2.28.